The van der Waals surface area contributed by atoms with Gasteiger partial charge < -0.3 is 20.4 Å². The second-order valence-electron chi connectivity index (χ2n) is 9.77. The van der Waals surface area contributed by atoms with Gasteiger partial charge in [-0.1, -0.05) is 19.1 Å². The number of nitrogens with zero attached hydrogens (tertiary/aromatic N) is 4. The first-order valence-corrected chi connectivity index (χ1v) is 11.9. The predicted octanol–water partition coefficient (Wildman–Crippen LogP) is 0.850. The standard InChI is InChI=1S/C23H38N6O2.HI/c1-16(15-28-11-9-27(3)10-12-28)14-26-23(24-2)25-7-4-8-29-21(30)19-17-5-6-18(13-17)20(19)22(29)31;/h5-6,16-20H,4,7-15H2,1-3H3,(H2,24,25,26);1H. The maximum Gasteiger partial charge on any atom is 0.233 e. The zero-order valence-electron chi connectivity index (χ0n) is 19.6. The van der Waals surface area contributed by atoms with Crippen LogP contribution >= 0.6 is 24.0 Å². The fourth-order valence-corrected chi connectivity index (χ4v) is 5.66. The first kappa shape index (κ1) is 25.4. The smallest absolute Gasteiger partial charge is 0.233 e. The van der Waals surface area contributed by atoms with E-state index in [1.165, 1.54) is 4.90 Å². The largest absolute Gasteiger partial charge is 0.356 e. The van der Waals surface area contributed by atoms with Crippen molar-refractivity contribution in [1.29, 1.82) is 0 Å². The minimum Gasteiger partial charge on any atom is -0.356 e. The van der Waals surface area contributed by atoms with Crippen LogP contribution in [0.15, 0.2) is 17.1 Å². The molecule has 2 amide bonds. The number of hydrogen-bond donors (Lipinski definition) is 2. The summed E-state index contributed by atoms with van der Waals surface area (Å²) in [6.07, 6.45) is 6.00. The maximum absolute atomic E-state index is 12.7. The molecule has 2 heterocycles. The van der Waals surface area contributed by atoms with E-state index in [1.807, 2.05) is 0 Å². The second kappa shape index (κ2) is 11.3. The molecule has 0 spiro atoms. The third-order valence-corrected chi connectivity index (χ3v) is 7.42. The van der Waals surface area contributed by atoms with E-state index in [2.05, 4.69) is 51.5 Å². The van der Waals surface area contributed by atoms with Crippen molar-refractivity contribution < 1.29 is 9.59 Å². The van der Waals surface area contributed by atoms with Gasteiger partial charge in [-0.05, 0) is 37.6 Å². The average molecular weight is 559 g/mol. The van der Waals surface area contributed by atoms with Crippen molar-refractivity contribution in [3.05, 3.63) is 12.2 Å². The Balaban J connectivity index is 0.00000289. The number of imide groups is 1. The average Bonchev–Trinajstić information content (AvgIpc) is 3.44. The van der Waals surface area contributed by atoms with Crippen LogP contribution in [0.25, 0.3) is 0 Å². The Kier molecular flexibility index (Phi) is 8.97. The van der Waals surface area contributed by atoms with Crippen molar-refractivity contribution >= 4 is 41.8 Å². The SMILES string of the molecule is CN=C(NCCCN1C(=O)C2C3C=CC(C3)C2C1=O)NCC(C)CN1CCN(C)CC1.I. The summed E-state index contributed by atoms with van der Waals surface area (Å²) in [5.41, 5.74) is 0. The Morgan fingerprint density at radius 3 is 2.31 bits per heavy atom. The molecule has 4 aliphatic rings. The highest BCUT2D eigenvalue weighted by molar-refractivity contribution is 14.0. The highest BCUT2D eigenvalue weighted by Gasteiger charge is 2.58. The van der Waals surface area contributed by atoms with Crippen LogP contribution < -0.4 is 10.6 Å². The molecule has 2 saturated heterocycles. The quantitative estimate of drug-likeness (QED) is 0.115. The van der Waals surface area contributed by atoms with Gasteiger partial charge in [0.1, 0.15) is 0 Å². The third-order valence-electron chi connectivity index (χ3n) is 7.42. The number of carbonyl (C=O) groups is 2. The number of fused-ring (bicyclic) bond motifs is 5. The molecule has 4 rings (SSSR count). The monoisotopic (exact) mass is 558 g/mol. The summed E-state index contributed by atoms with van der Waals surface area (Å²) >= 11 is 0. The summed E-state index contributed by atoms with van der Waals surface area (Å²) in [4.78, 5) is 36.2. The molecule has 2 aliphatic heterocycles. The molecule has 2 aliphatic carbocycles. The summed E-state index contributed by atoms with van der Waals surface area (Å²) < 4.78 is 0. The number of guanidine groups is 1. The minimum atomic E-state index is -0.0910. The summed E-state index contributed by atoms with van der Waals surface area (Å²) in [6.45, 7) is 9.97. The summed E-state index contributed by atoms with van der Waals surface area (Å²) in [7, 11) is 3.96. The van der Waals surface area contributed by atoms with Gasteiger partial charge in [0.25, 0.3) is 0 Å². The summed E-state index contributed by atoms with van der Waals surface area (Å²) in [5.74, 6) is 1.79. The molecular formula is C23H39IN6O2. The zero-order chi connectivity index (χ0) is 22.0. The zero-order valence-corrected chi connectivity index (χ0v) is 22.0. The highest BCUT2D eigenvalue weighted by atomic mass is 127. The van der Waals surface area contributed by atoms with Gasteiger partial charge in [-0.15, -0.1) is 24.0 Å². The van der Waals surface area contributed by atoms with E-state index < -0.39 is 0 Å². The van der Waals surface area contributed by atoms with E-state index in [-0.39, 0.29) is 59.5 Å². The van der Waals surface area contributed by atoms with Gasteiger partial charge in [0.05, 0.1) is 11.8 Å². The van der Waals surface area contributed by atoms with E-state index in [4.69, 9.17) is 0 Å². The van der Waals surface area contributed by atoms with Crippen molar-refractivity contribution in [2.24, 2.45) is 34.6 Å². The van der Waals surface area contributed by atoms with Gasteiger partial charge in [0.2, 0.25) is 11.8 Å². The van der Waals surface area contributed by atoms with Gasteiger partial charge in [-0.2, -0.15) is 0 Å². The Morgan fingerprint density at radius 2 is 1.72 bits per heavy atom. The number of hydrogen-bond acceptors (Lipinski definition) is 5. The van der Waals surface area contributed by atoms with Crippen LogP contribution in [0.2, 0.25) is 0 Å². The van der Waals surface area contributed by atoms with E-state index in [1.54, 1.807) is 7.05 Å². The Labute approximate surface area is 209 Å². The lowest BCUT2D eigenvalue weighted by atomic mass is 9.85. The van der Waals surface area contributed by atoms with E-state index in [9.17, 15) is 9.59 Å². The molecule has 0 aromatic heterocycles. The minimum absolute atomic E-state index is 0. The van der Waals surface area contributed by atoms with Crippen LogP contribution in [0.4, 0.5) is 0 Å². The van der Waals surface area contributed by atoms with Gasteiger partial charge in [-0.3, -0.25) is 19.5 Å². The molecule has 2 N–H and O–H groups in total. The van der Waals surface area contributed by atoms with Gasteiger partial charge in [0, 0.05) is 59.4 Å². The Morgan fingerprint density at radius 1 is 1.09 bits per heavy atom. The van der Waals surface area contributed by atoms with E-state index in [0.717, 1.165) is 58.1 Å². The molecule has 2 bridgehead atoms. The van der Waals surface area contributed by atoms with Crippen molar-refractivity contribution in [2.45, 2.75) is 19.8 Å². The number of aliphatic imine (C=N–C) groups is 1. The maximum atomic E-state index is 12.7. The molecule has 32 heavy (non-hydrogen) atoms. The normalized spacial score (nSPS) is 31.1. The van der Waals surface area contributed by atoms with Gasteiger partial charge in [-0.25, -0.2) is 0 Å². The molecule has 3 fully saturated rings. The molecule has 8 nitrogen and oxygen atoms in total. The first-order valence-electron chi connectivity index (χ1n) is 11.9. The van der Waals surface area contributed by atoms with E-state index >= 15 is 0 Å². The summed E-state index contributed by atoms with van der Waals surface area (Å²) in [6, 6.07) is 0. The van der Waals surface area contributed by atoms with Crippen LogP contribution in [0.3, 0.4) is 0 Å². The summed E-state index contributed by atoms with van der Waals surface area (Å²) in [5, 5.41) is 6.74. The van der Waals surface area contributed by atoms with Crippen molar-refractivity contribution in [3.63, 3.8) is 0 Å². The first-order chi connectivity index (χ1) is 15.0. The van der Waals surface area contributed by atoms with Crippen molar-refractivity contribution in [1.82, 2.24) is 25.3 Å². The number of likely N-dealkylation sites (N-methyl/N-ethyl adjacent to an activating group) is 1. The van der Waals surface area contributed by atoms with Crippen LogP contribution in [0, 0.1) is 29.6 Å². The molecule has 0 aromatic carbocycles. The number of nitrogens with one attached hydrogen (secondary N) is 2. The van der Waals surface area contributed by atoms with Crippen molar-refractivity contribution in [3.8, 4) is 0 Å². The number of piperazine rings is 1. The Hall–Kier alpha value is -1.20. The fraction of sp³-hybridized carbons (Fsp3) is 0.783. The number of amides is 2. The molecular weight excluding hydrogens is 519 g/mol. The molecule has 5 atom stereocenters. The van der Waals surface area contributed by atoms with Crippen LogP contribution in [0.5, 0.6) is 0 Å². The molecule has 1 saturated carbocycles. The second-order valence-corrected chi connectivity index (χ2v) is 9.77. The lowest BCUT2D eigenvalue weighted by Crippen LogP contribution is -2.47. The van der Waals surface area contributed by atoms with Gasteiger partial charge >= 0.3 is 0 Å². The van der Waals surface area contributed by atoms with Gasteiger partial charge in [0.15, 0.2) is 5.96 Å². The molecule has 5 unspecified atom stereocenters. The van der Waals surface area contributed by atoms with Crippen molar-refractivity contribution in [2.75, 3.05) is 66.5 Å². The lowest BCUT2D eigenvalue weighted by Gasteiger charge is -2.34. The highest BCUT2D eigenvalue weighted by Crippen LogP contribution is 2.52. The molecule has 180 valence electrons. The van der Waals surface area contributed by atoms with Crippen LogP contribution in [-0.4, -0.2) is 98.9 Å². The Bertz CT molecular complexity index is 706. The number of carbonyl (C=O) groups excluding carboxylic acids is 2. The third kappa shape index (κ3) is 5.47. The number of allylic oxidation sites excluding steroid dienone is 2. The lowest BCUT2D eigenvalue weighted by molar-refractivity contribution is -0.140. The number of rotatable bonds is 8. The molecule has 0 aromatic rings. The predicted molar refractivity (Wildman–Crippen MR) is 137 cm³/mol. The molecule has 0 radical (unpaired) electrons. The fourth-order valence-electron chi connectivity index (χ4n) is 5.66. The number of likely N-dealkylation sites (tertiary alicyclic amines) is 1. The molecule has 9 heteroatoms. The topological polar surface area (TPSA) is 80.3 Å². The number of halogens is 1. The van der Waals surface area contributed by atoms with Crippen LogP contribution in [0.1, 0.15) is 19.8 Å². The van der Waals surface area contributed by atoms with Crippen LogP contribution in [-0.2, 0) is 9.59 Å². The van der Waals surface area contributed by atoms with E-state index in [0.29, 0.717) is 19.0 Å².